The van der Waals surface area contributed by atoms with Crippen molar-refractivity contribution in [3.8, 4) is 0 Å². The van der Waals surface area contributed by atoms with Crippen molar-refractivity contribution in [2.75, 3.05) is 23.3 Å². The lowest BCUT2D eigenvalue weighted by atomic mass is 10.0. The maximum absolute atomic E-state index is 13.1. The summed E-state index contributed by atoms with van der Waals surface area (Å²) in [4.78, 5) is 40.5. The standard InChI is InChI=1S/C22H23N3O3/c1-4-24(18-9-7-6-8-10-18)20-19(21(27)25(5-2)22(20)28)16-11-13-17(14-12-16)23-15(3)26/h6-14H,4-5H2,1-3H3,(H,23,26). The third-order valence-electron chi connectivity index (χ3n) is 4.61. The molecule has 3 rings (SSSR count). The van der Waals surface area contributed by atoms with Gasteiger partial charge in [-0.1, -0.05) is 30.3 Å². The Morgan fingerprint density at radius 3 is 2.14 bits per heavy atom. The van der Waals surface area contributed by atoms with Gasteiger partial charge in [0.1, 0.15) is 5.70 Å². The van der Waals surface area contributed by atoms with Gasteiger partial charge in [0.2, 0.25) is 5.91 Å². The second kappa shape index (κ2) is 8.08. The second-order valence-electron chi connectivity index (χ2n) is 6.42. The summed E-state index contributed by atoms with van der Waals surface area (Å²) >= 11 is 0. The van der Waals surface area contributed by atoms with Gasteiger partial charge in [-0.2, -0.15) is 0 Å². The van der Waals surface area contributed by atoms with Crippen LogP contribution in [0.25, 0.3) is 5.57 Å². The lowest BCUT2D eigenvalue weighted by Gasteiger charge is -2.24. The number of hydrogen-bond donors (Lipinski definition) is 1. The zero-order chi connectivity index (χ0) is 20.3. The molecule has 0 radical (unpaired) electrons. The van der Waals surface area contributed by atoms with Gasteiger partial charge in [0.25, 0.3) is 11.8 Å². The fourth-order valence-electron chi connectivity index (χ4n) is 3.36. The Bertz CT molecular complexity index is 933. The zero-order valence-corrected chi connectivity index (χ0v) is 16.2. The topological polar surface area (TPSA) is 69.7 Å². The second-order valence-corrected chi connectivity index (χ2v) is 6.42. The van der Waals surface area contributed by atoms with E-state index in [4.69, 9.17) is 0 Å². The molecule has 0 saturated heterocycles. The Balaban J connectivity index is 2.12. The van der Waals surface area contributed by atoms with Crippen LogP contribution in [0.15, 0.2) is 60.3 Å². The number of para-hydroxylation sites is 1. The van der Waals surface area contributed by atoms with Crippen molar-refractivity contribution >= 4 is 34.7 Å². The van der Waals surface area contributed by atoms with E-state index in [2.05, 4.69) is 5.32 Å². The molecule has 2 aromatic rings. The minimum absolute atomic E-state index is 0.168. The summed E-state index contributed by atoms with van der Waals surface area (Å²) in [6.45, 7) is 6.02. The number of imide groups is 1. The molecule has 0 aromatic heterocycles. The molecule has 1 heterocycles. The van der Waals surface area contributed by atoms with Gasteiger partial charge in [-0.25, -0.2) is 0 Å². The Labute approximate surface area is 164 Å². The molecule has 0 spiro atoms. The molecule has 1 N–H and O–H groups in total. The largest absolute Gasteiger partial charge is 0.337 e. The molecule has 144 valence electrons. The quantitative estimate of drug-likeness (QED) is 0.785. The van der Waals surface area contributed by atoms with Crippen molar-refractivity contribution in [1.29, 1.82) is 0 Å². The average molecular weight is 377 g/mol. The van der Waals surface area contributed by atoms with E-state index in [9.17, 15) is 14.4 Å². The van der Waals surface area contributed by atoms with E-state index >= 15 is 0 Å². The Morgan fingerprint density at radius 1 is 0.964 bits per heavy atom. The first-order valence-corrected chi connectivity index (χ1v) is 9.29. The van der Waals surface area contributed by atoms with E-state index in [1.807, 2.05) is 42.2 Å². The number of carbonyl (C=O) groups excluding carboxylic acids is 3. The van der Waals surface area contributed by atoms with Crippen molar-refractivity contribution in [1.82, 2.24) is 4.90 Å². The first-order valence-electron chi connectivity index (χ1n) is 9.29. The first kappa shape index (κ1) is 19.4. The predicted octanol–water partition coefficient (Wildman–Crippen LogP) is 3.27. The van der Waals surface area contributed by atoms with E-state index in [1.165, 1.54) is 11.8 Å². The molecule has 0 saturated carbocycles. The smallest absolute Gasteiger partial charge is 0.278 e. The first-order chi connectivity index (χ1) is 13.5. The van der Waals surface area contributed by atoms with Gasteiger partial charge in [0.15, 0.2) is 0 Å². The highest BCUT2D eigenvalue weighted by molar-refractivity contribution is 6.36. The van der Waals surface area contributed by atoms with Gasteiger partial charge in [0, 0.05) is 31.4 Å². The number of hydrogen-bond acceptors (Lipinski definition) is 4. The van der Waals surface area contributed by atoms with Crippen LogP contribution in [0.4, 0.5) is 11.4 Å². The molecule has 0 bridgehead atoms. The van der Waals surface area contributed by atoms with Crippen LogP contribution >= 0.6 is 0 Å². The van der Waals surface area contributed by atoms with Gasteiger partial charge in [-0.15, -0.1) is 0 Å². The third-order valence-corrected chi connectivity index (χ3v) is 4.61. The number of nitrogens with zero attached hydrogens (tertiary/aromatic N) is 2. The lowest BCUT2D eigenvalue weighted by Crippen LogP contribution is -2.35. The van der Waals surface area contributed by atoms with Gasteiger partial charge in [-0.05, 0) is 43.7 Å². The van der Waals surface area contributed by atoms with Gasteiger partial charge >= 0.3 is 0 Å². The monoisotopic (exact) mass is 377 g/mol. The highest BCUT2D eigenvalue weighted by atomic mass is 16.2. The summed E-state index contributed by atoms with van der Waals surface area (Å²) in [5.41, 5.74) is 2.90. The van der Waals surface area contributed by atoms with Crippen LogP contribution in [0.2, 0.25) is 0 Å². The van der Waals surface area contributed by atoms with E-state index < -0.39 is 0 Å². The molecule has 0 atom stereocenters. The van der Waals surface area contributed by atoms with Crippen LogP contribution in [0.5, 0.6) is 0 Å². The Hall–Kier alpha value is -3.41. The van der Waals surface area contributed by atoms with E-state index in [0.29, 0.717) is 35.6 Å². The highest BCUT2D eigenvalue weighted by Crippen LogP contribution is 2.34. The van der Waals surface area contributed by atoms with Gasteiger partial charge in [0.05, 0.1) is 5.57 Å². The molecule has 6 nitrogen and oxygen atoms in total. The van der Waals surface area contributed by atoms with E-state index in [1.54, 1.807) is 31.2 Å². The minimum Gasteiger partial charge on any atom is -0.337 e. The van der Waals surface area contributed by atoms with Crippen LogP contribution in [-0.2, 0) is 14.4 Å². The molecule has 2 aromatic carbocycles. The Morgan fingerprint density at radius 2 is 1.61 bits per heavy atom. The summed E-state index contributed by atoms with van der Waals surface area (Å²) in [7, 11) is 0. The maximum atomic E-state index is 13.1. The van der Waals surface area contributed by atoms with Gasteiger partial charge < -0.3 is 10.2 Å². The SMILES string of the molecule is CCN1C(=O)C(c2ccc(NC(C)=O)cc2)=C(N(CC)c2ccccc2)C1=O. The Kier molecular flexibility index (Phi) is 5.59. The van der Waals surface area contributed by atoms with Crippen LogP contribution < -0.4 is 10.2 Å². The third kappa shape index (κ3) is 3.53. The minimum atomic E-state index is -0.302. The molecule has 0 unspecified atom stereocenters. The zero-order valence-electron chi connectivity index (χ0n) is 16.2. The molecule has 6 heteroatoms. The molecule has 28 heavy (non-hydrogen) atoms. The molecule has 3 amide bonds. The fourth-order valence-corrected chi connectivity index (χ4v) is 3.36. The number of anilines is 2. The fraction of sp³-hybridized carbons (Fsp3) is 0.227. The maximum Gasteiger partial charge on any atom is 0.278 e. The number of likely N-dealkylation sites (N-methyl/N-ethyl adjacent to an activating group) is 2. The summed E-state index contributed by atoms with van der Waals surface area (Å²) in [5.74, 6) is -0.763. The molecule has 0 fully saturated rings. The van der Waals surface area contributed by atoms with E-state index in [-0.39, 0.29) is 17.7 Å². The van der Waals surface area contributed by atoms with Crippen LogP contribution in [0.1, 0.15) is 26.3 Å². The molecular weight excluding hydrogens is 354 g/mol. The summed E-state index contributed by atoms with van der Waals surface area (Å²) < 4.78 is 0. The van der Waals surface area contributed by atoms with Crippen LogP contribution in [0.3, 0.4) is 0 Å². The predicted molar refractivity (Wildman–Crippen MR) is 110 cm³/mol. The number of benzene rings is 2. The van der Waals surface area contributed by atoms with Crippen molar-refractivity contribution in [3.63, 3.8) is 0 Å². The number of carbonyl (C=O) groups is 3. The van der Waals surface area contributed by atoms with Crippen molar-refractivity contribution in [3.05, 3.63) is 65.9 Å². The van der Waals surface area contributed by atoms with Crippen LogP contribution in [0, 0.1) is 0 Å². The lowest BCUT2D eigenvalue weighted by molar-refractivity contribution is -0.136. The number of nitrogens with one attached hydrogen (secondary N) is 1. The number of rotatable bonds is 6. The van der Waals surface area contributed by atoms with Crippen molar-refractivity contribution < 1.29 is 14.4 Å². The summed E-state index contributed by atoms with van der Waals surface area (Å²) in [5, 5.41) is 2.71. The van der Waals surface area contributed by atoms with Crippen LogP contribution in [-0.4, -0.2) is 35.7 Å². The van der Waals surface area contributed by atoms with Crippen molar-refractivity contribution in [2.45, 2.75) is 20.8 Å². The highest BCUT2D eigenvalue weighted by Gasteiger charge is 2.40. The molecule has 1 aliphatic heterocycles. The normalized spacial score (nSPS) is 13.9. The summed E-state index contributed by atoms with van der Waals surface area (Å²) in [6.07, 6.45) is 0. The van der Waals surface area contributed by atoms with Crippen molar-refractivity contribution in [2.24, 2.45) is 0 Å². The summed E-state index contributed by atoms with van der Waals surface area (Å²) in [6, 6.07) is 16.5. The average Bonchev–Trinajstić information content (AvgIpc) is 2.93. The number of amides is 3. The molecular formula is C22H23N3O3. The molecule has 0 aliphatic carbocycles. The molecule has 1 aliphatic rings. The van der Waals surface area contributed by atoms with E-state index in [0.717, 1.165) is 5.69 Å². The van der Waals surface area contributed by atoms with Gasteiger partial charge in [-0.3, -0.25) is 19.3 Å².